The first kappa shape index (κ1) is 18.3. The molecule has 124 valence electrons. The number of hydrogen-bond donors (Lipinski definition) is 1. The fraction of sp³-hybridized carbons (Fsp3) is 0.600. The molecular weight excluding hydrogens is 306 g/mol. The number of amides is 1. The van der Waals surface area contributed by atoms with Gasteiger partial charge < -0.3 is 19.5 Å². The predicted molar refractivity (Wildman–Crippen MR) is 84.6 cm³/mol. The number of esters is 1. The van der Waals surface area contributed by atoms with Crippen LogP contribution in [-0.4, -0.2) is 37.9 Å². The molecule has 1 rings (SSSR count). The van der Waals surface area contributed by atoms with Gasteiger partial charge in [-0.2, -0.15) is 0 Å². The Labute approximate surface area is 134 Å². The van der Waals surface area contributed by atoms with Crippen molar-refractivity contribution in [2.75, 3.05) is 20.3 Å². The van der Waals surface area contributed by atoms with E-state index < -0.39 is 11.7 Å². The van der Waals surface area contributed by atoms with Gasteiger partial charge in [-0.25, -0.2) is 9.59 Å². The van der Waals surface area contributed by atoms with Gasteiger partial charge in [-0.3, -0.25) is 0 Å². The zero-order valence-corrected chi connectivity index (χ0v) is 14.2. The summed E-state index contributed by atoms with van der Waals surface area (Å²) in [6, 6.07) is 1.66. The molecule has 22 heavy (non-hydrogen) atoms. The number of rotatable bonds is 7. The van der Waals surface area contributed by atoms with Crippen molar-refractivity contribution >= 4 is 23.4 Å². The van der Waals surface area contributed by atoms with Crippen molar-refractivity contribution in [3.8, 4) is 5.75 Å². The van der Waals surface area contributed by atoms with Crippen LogP contribution < -0.4 is 10.1 Å². The summed E-state index contributed by atoms with van der Waals surface area (Å²) in [6.07, 6.45) is 1.17. The Morgan fingerprint density at radius 2 is 2.00 bits per heavy atom. The first-order chi connectivity index (χ1) is 10.3. The average Bonchev–Trinajstić information content (AvgIpc) is 2.88. The summed E-state index contributed by atoms with van der Waals surface area (Å²) < 4.78 is 15.3. The molecule has 0 aliphatic rings. The van der Waals surface area contributed by atoms with E-state index in [4.69, 9.17) is 9.47 Å². The van der Waals surface area contributed by atoms with Gasteiger partial charge in [0.2, 0.25) is 0 Å². The third-order valence-corrected chi connectivity index (χ3v) is 3.36. The van der Waals surface area contributed by atoms with Crippen LogP contribution in [0.3, 0.4) is 0 Å². The van der Waals surface area contributed by atoms with E-state index in [9.17, 15) is 9.59 Å². The normalized spacial score (nSPS) is 10.9. The van der Waals surface area contributed by atoms with Gasteiger partial charge in [0.25, 0.3) is 0 Å². The van der Waals surface area contributed by atoms with Gasteiger partial charge in [0.15, 0.2) is 0 Å². The van der Waals surface area contributed by atoms with Gasteiger partial charge >= 0.3 is 12.1 Å². The summed E-state index contributed by atoms with van der Waals surface area (Å²) in [5.74, 6) is 0.298. The molecule has 0 radical (unpaired) electrons. The van der Waals surface area contributed by atoms with Crippen LogP contribution in [0.15, 0.2) is 11.4 Å². The summed E-state index contributed by atoms with van der Waals surface area (Å²) in [7, 11) is 1.35. The number of carbonyl (C=O) groups is 2. The number of methoxy groups -OCH3 is 1. The molecule has 1 amide bonds. The van der Waals surface area contributed by atoms with E-state index >= 15 is 0 Å². The molecule has 0 aliphatic carbocycles. The van der Waals surface area contributed by atoms with E-state index in [2.05, 4.69) is 10.1 Å². The molecule has 0 saturated heterocycles. The molecule has 1 aromatic rings. The molecule has 0 spiro atoms. The number of unbranched alkanes of at least 4 members (excludes halogenated alkanes) is 1. The molecule has 1 heterocycles. The molecule has 0 aromatic carbocycles. The van der Waals surface area contributed by atoms with E-state index in [1.807, 2.05) is 20.8 Å². The Morgan fingerprint density at radius 1 is 1.27 bits per heavy atom. The Bertz CT molecular complexity index is 492. The highest BCUT2D eigenvalue weighted by atomic mass is 32.1. The van der Waals surface area contributed by atoms with Crippen LogP contribution >= 0.6 is 11.3 Å². The Kier molecular flexibility index (Phi) is 7.17. The summed E-state index contributed by atoms with van der Waals surface area (Å²) in [6.45, 7) is 6.53. The van der Waals surface area contributed by atoms with E-state index in [-0.39, 0.29) is 5.97 Å². The van der Waals surface area contributed by atoms with Gasteiger partial charge in [0.05, 0.1) is 13.7 Å². The number of alkyl carbamates (subject to hydrolysis) is 1. The Hall–Kier alpha value is -1.76. The molecule has 0 atom stereocenters. The molecule has 0 aliphatic heterocycles. The van der Waals surface area contributed by atoms with Gasteiger partial charge in [-0.1, -0.05) is 0 Å². The van der Waals surface area contributed by atoms with Crippen molar-refractivity contribution in [2.24, 2.45) is 0 Å². The van der Waals surface area contributed by atoms with Gasteiger partial charge in [0.1, 0.15) is 16.2 Å². The first-order valence-electron chi connectivity index (χ1n) is 7.08. The largest absolute Gasteiger partial charge is 0.493 e. The average molecular weight is 329 g/mol. The first-order valence-corrected chi connectivity index (χ1v) is 7.96. The standard InChI is InChI=1S/C15H23NO5S/c1-15(2,3)21-14(18)16-7-5-6-8-20-11-9-12(22-10-11)13(17)19-4/h9-10H,5-8H2,1-4H3,(H,16,18). The minimum absolute atomic E-state index is 0.360. The molecule has 7 heteroatoms. The minimum Gasteiger partial charge on any atom is -0.493 e. The molecule has 1 N–H and O–H groups in total. The number of hydrogen-bond acceptors (Lipinski definition) is 6. The van der Waals surface area contributed by atoms with Crippen LogP contribution in [0.25, 0.3) is 0 Å². The molecule has 6 nitrogen and oxygen atoms in total. The second-order valence-corrected chi connectivity index (χ2v) is 6.53. The fourth-order valence-corrected chi connectivity index (χ4v) is 2.27. The lowest BCUT2D eigenvalue weighted by Gasteiger charge is -2.19. The van der Waals surface area contributed by atoms with Crippen molar-refractivity contribution in [3.63, 3.8) is 0 Å². The SMILES string of the molecule is COC(=O)c1cc(OCCCCNC(=O)OC(C)(C)C)cs1. The van der Waals surface area contributed by atoms with Crippen molar-refractivity contribution in [3.05, 3.63) is 16.3 Å². The lowest BCUT2D eigenvalue weighted by molar-refractivity contribution is 0.0525. The van der Waals surface area contributed by atoms with Gasteiger partial charge in [-0.15, -0.1) is 11.3 Å². The monoisotopic (exact) mass is 329 g/mol. The van der Waals surface area contributed by atoms with E-state index in [1.54, 1.807) is 11.4 Å². The topological polar surface area (TPSA) is 73.9 Å². The highest BCUT2D eigenvalue weighted by Crippen LogP contribution is 2.22. The van der Waals surface area contributed by atoms with Crippen molar-refractivity contribution in [2.45, 2.75) is 39.2 Å². The second-order valence-electron chi connectivity index (χ2n) is 5.62. The van der Waals surface area contributed by atoms with Crippen LogP contribution in [0.5, 0.6) is 5.75 Å². The Balaban J connectivity index is 2.12. The van der Waals surface area contributed by atoms with Gasteiger partial charge in [0, 0.05) is 18.0 Å². The van der Waals surface area contributed by atoms with Crippen molar-refractivity contribution < 1.29 is 23.8 Å². The quantitative estimate of drug-likeness (QED) is 0.614. The number of nitrogens with one attached hydrogen (secondary N) is 1. The van der Waals surface area contributed by atoms with Crippen LogP contribution in [0.1, 0.15) is 43.3 Å². The lowest BCUT2D eigenvalue weighted by Crippen LogP contribution is -2.33. The highest BCUT2D eigenvalue weighted by Gasteiger charge is 2.15. The minimum atomic E-state index is -0.483. The second kappa shape index (κ2) is 8.63. The van der Waals surface area contributed by atoms with Crippen molar-refractivity contribution in [1.29, 1.82) is 0 Å². The summed E-state index contributed by atoms with van der Waals surface area (Å²) in [4.78, 5) is 23.2. The van der Waals surface area contributed by atoms with Crippen LogP contribution in [0.4, 0.5) is 4.79 Å². The zero-order valence-electron chi connectivity index (χ0n) is 13.4. The maximum Gasteiger partial charge on any atom is 0.407 e. The predicted octanol–water partition coefficient (Wildman–Crippen LogP) is 3.22. The van der Waals surface area contributed by atoms with E-state index in [1.165, 1.54) is 18.4 Å². The third-order valence-electron chi connectivity index (χ3n) is 2.47. The van der Waals surface area contributed by atoms with Gasteiger partial charge in [-0.05, 0) is 33.6 Å². The zero-order chi connectivity index (χ0) is 16.6. The molecule has 0 saturated carbocycles. The summed E-state index contributed by atoms with van der Waals surface area (Å²) in [5, 5.41) is 4.46. The molecular formula is C15H23NO5S. The fourth-order valence-electron chi connectivity index (χ4n) is 1.52. The van der Waals surface area contributed by atoms with E-state index in [0.717, 1.165) is 12.8 Å². The van der Waals surface area contributed by atoms with Crippen LogP contribution in [0.2, 0.25) is 0 Å². The summed E-state index contributed by atoms with van der Waals surface area (Å²) >= 11 is 1.29. The smallest absolute Gasteiger partial charge is 0.407 e. The number of thiophene rings is 1. The third kappa shape index (κ3) is 7.31. The lowest BCUT2D eigenvalue weighted by atomic mass is 10.2. The maximum atomic E-state index is 11.4. The van der Waals surface area contributed by atoms with Crippen molar-refractivity contribution in [1.82, 2.24) is 5.32 Å². The number of carbonyl (C=O) groups excluding carboxylic acids is 2. The van der Waals surface area contributed by atoms with Crippen LogP contribution in [-0.2, 0) is 9.47 Å². The molecule has 0 unspecified atom stereocenters. The summed E-state index contributed by atoms with van der Waals surface area (Å²) in [5.41, 5.74) is -0.483. The maximum absolute atomic E-state index is 11.4. The van der Waals surface area contributed by atoms with Crippen LogP contribution in [0, 0.1) is 0 Å². The molecule has 1 aromatic heterocycles. The molecule has 0 bridgehead atoms. The van der Waals surface area contributed by atoms with E-state index in [0.29, 0.717) is 23.8 Å². The Morgan fingerprint density at radius 3 is 2.64 bits per heavy atom. The number of ether oxygens (including phenoxy) is 3. The highest BCUT2D eigenvalue weighted by molar-refractivity contribution is 7.12. The molecule has 0 fully saturated rings.